The summed E-state index contributed by atoms with van der Waals surface area (Å²) < 4.78 is 49.4. The van der Waals surface area contributed by atoms with E-state index in [1.165, 1.54) is 37.4 Å². The van der Waals surface area contributed by atoms with Crippen molar-refractivity contribution in [3.63, 3.8) is 0 Å². The summed E-state index contributed by atoms with van der Waals surface area (Å²) in [6.45, 7) is 0. The molecule has 2 N–H and O–H groups in total. The minimum absolute atomic E-state index is 0.0394. The third kappa shape index (κ3) is 4.42. The Kier molecular flexibility index (Phi) is 5.71. The monoisotopic (exact) mass is 382 g/mol. The molecule has 2 rings (SSSR count). The highest BCUT2D eigenvalue weighted by Gasteiger charge is 2.23. The summed E-state index contributed by atoms with van der Waals surface area (Å²) in [5, 5.41) is 4.75. The Morgan fingerprint density at radius 3 is 2.12 bits per heavy atom. The molecule has 0 aliphatic heterocycles. The number of nitrogens with one attached hydrogen (secondary N) is 2. The maximum absolute atomic E-state index is 13.4. The zero-order valence-electron chi connectivity index (χ0n) is 13.9. The zero-order chi connectivity index (χ0) is 19.5. The summed E-state index contributed by atoms with van der Waals surface area (Å²) in [6.07, 6.45) is 1.03. The Labute approximate surface area is 149 Å². The third-order valence-corrected chi connectivity index (χ3v) is 4.73. The zero-order valence-corrected chi connectivity index (χ0v) is 14.7. The minimum atomic E-state index is -3.41. The van der Waals surface area contributed by atoms with Crippen molar-refractivity contribution in [2.75, 3.05) is 13.3 Å². The van der Waals surface area contributed by atoms with Crippen LogP contribution in [0.3, 0.4) is 0 Å². The van der Waals surface area contributed by atoms with Crippen LogP contribution < -0.4 is 10.6 Å². The van der Waals surface area contributed by atoms with Crippen molar-refractivity contribution in [1.29, 1.82) is 0 Å². The van der Waals surface area contributed by atoms with Crippen LogP contribution in [-0.2, 0) is 14.6 Å². The fourth-order valence-electron chi connectivity index (χ4n) is 2.20. The van der Waals surface area contributed by atoms with Gasteiger partial charge in [0.25, 0.3) is 5.91 Å². The number of rotatable bonds is 5. The summed E-state index contributed by atoms with van der Waals surface area (Å²) in [5.41, 5.74) is 0.165. The Morgan fingerprint density at radius 2 is 1.62 bits per heavy atom. The number of sulfone groups is 1. The number of hydrogen-bond acceptors (Lipinski definition) is 4. The SMILES string of the molecule is CNC(=O)C(NC(=O)c1ccc(S(C)(=O)=O)cc1)c1ccc(F)c(F)c1. The first-order chi connectivity index (χ1) is 12.1. The average molecular weight is 382 g/mol. The van der Waals surface area contributed by atoms with E-state index in [4.69, 9.17) is 0 Å². The largest absolute Gasteiger partial charge is 0.357 e. The van der Waals surface area contributed by atoms with Crippen LogP contribution in [0.4, 0.5) is 8.78 Å². The van der Waals surface area contributed by atoms with Gasteiger partial charge in [-0.15, -0.1) is 0 Å². The van der Waals surface area contributed by atoms with E-state index in [9.17, 15) is 26.8 Å². The number of hydrogen-bond donors (Lipinski definition) is 2. The van der Waals surface area contributed by atoms with E-state index in [1.807, 2.05) is 0 Å². The third-order valence-electron chi connectivity index (χ3n) is 3.61. The number of benzene rings is 2. The molecule has 1 unspecified atom stereocenters. The van der Waals surface area contributed by atoms with Gasteiger partial charge in [0.15, 0.2) is 21.5 Å². The molecule has 0 aromatic heterocycles. The van der Waals surface area contributed by atoms with Gasteiger partial charge in [0.1, 0.15) is 6.04 Å². The molecule has 0 aliphatic carbocycles. The lowest BCUT2D eigenvalue weighted by molar-refractivity contribution is -0.122. The lowest BCUT2D eigenvalue weighted by Gasteiger charge is -2.18. The molecule has 2 amide bonds. The molecule has 26 heavy (non-hydrogen) atoms. The van der Waals surface area contributed by atoms with E-state index in [0.717, 1.165) is 18.4 Å². The first kappa shape index (κ1) is 19.5. The summed E-state index contributed by atoms with van der Waals surface area (Å²) in [6, 6.07) is 6.71. The Morgan fingerprint density at radius 1 is 1.00 bits per heavy atom. The van der Waals surface area contributed by atoms with Crippen LogP contribution in [0.1, 0.15) is 22.0 Å². The predicted molar refractivity (Wildman–Crippen MR) is 90.2 cm³/mol. The Bertz CT molecular complexity index is 944. The fourth-order valence-corrected chi connectivity index (χ4v) is 2.83. The van der Waals surface area contributed by atoms with Crippen LogP contribution in [0.15, 0.2) is 47.4 Å². The predicted octanol–water partition coefficient (Wildman–Crippen LogP) is 1.59. The molecule has 0 saturated heterocycles. The molecule has 138 valence electrons. The summed E-state index contributed by atoms with van der Waals surface area (Å²) in [4.78, 5) is 24.4. The molecule has 2 aromatic rings. The number of carbonyl (C=O) groups excluding carboxylic acids is 2. The van der Waals surface area contributed by atoms with Crippen LogP contribution in [0.25, 0.3) is 0 Å². The van der Waals surface area contributed by atoms with Crippen molar-refractivity contribution in [1.82, 2.24) is 10.6 Å². The van der Waals surface area contributed by atoms with Crippen molar-refractivity contribution in [3.05, 3.63) is 65.2 Å². The Balaban J connectivity index is 2.29. The molecule has 0 bridgehead atoms. The second kappa shape index (κ2) is 7.61. The molecule has 6 nitrogen and oxygen atoms in total. The summed E-state index contributed by atoms with van der Waals surface area (Å²) >= 11 is 0. The highest BCUT2D eigenvalue weighted by Crippen LogP contribution is 2.18. The van der Waals surface area contributed by atoms with Gasteiger partial charge >= 0.3 is 0 Å². The van der Waals surface area contributed by atoms with Gasteiger partial charge in [-0.2, -0.15) is 0 Å². The number of amides is 2. The van der Waals surface area contributed by atoms with Crippen molar-refractivity contribution < 1.29 is 26.8 Å². The molecule has 0 saturated carbocycles. The lowest BCUT2D eigenvalue weighted by atomic mass is 10.0. The molecule has 2 aromatic carbocycles. The van der Waals surface area contributed by atoms with Gasteiger partial charge in [-0.1, -0.05) is 6.07 Å². The van der Waals surface area contributed by atoms with Gasteiger partial charge in [-0.25, -0.2) is 17.2 Å². The van der Waals surface area contributed by atoms with E-state index in [2.05, 4.69) is 10.6 Å². The van der Waals surface area contributed by atoms with Crippen LogP contribution in [-0.4, -0.2) is 33.5 Å². The highest BCUT2D eigenvalue weighted by molar-refractivity contribution is 7.90. The van der Waals surface area contributed by atoms with Crippen LogP contribution >= 0.6 is 0 Å². The first-order valence-corrected chi connectivity index (χ1v) is 9.30. The molecule has 0 fully saturated rings. The quantitative estimate of drug-likeness (QED) is 0.821. The van der Waals surface area contributed by atoms with Crippen LogP contribution in [0, 0.1) is 11.6 Å². The van der Waals surface area contributed by atoms with Gasteiger partial charge in [0.2, 0.25) is 5.91 Å². The van der Waals surface area contributed by atoms with Crippen molar-refractivity contribution in [3.8, 4) is 0 Å². The van der Waals surface area contributed by atoms with Gasteiger partial charge in [-0.3, -0.25) is 9.59 Å². The number of likely N-dealkylation sites (N-methyl/N-ethyl adjacent to an activating group) is 1. The lowest BCUT2D eigenvalue weighted by Crippen LogP contribution is -2.39. The summed E-state index contributed by atoms with van der Waals surface area (Å²) in [7, 11) is -2.07. The molecular weight excluding hydrogens is 366 g/mol. The summed E-state index contributed by atoms with van der Waals surface area (Å²) in [5.74, 6) is -3.53. The van der Waals surface area contributed by atoms with Crippen LogP contribution in [0.2, 0.25) is 0 Å². The molecule has 0 spiro atoms. The van der Waals surface area contributed by atoms with Gasteiger partial charge < -0.3 is 10.6 Å². The second-order valence-electron chi connectivity index (χ2n) is 5.49. The molecular formula is C17H16F2N2O4S. The van der Waals surface area contributed by atoms with E-state index in [-0.39, 0.29) is 16.0 Å². The average Bonchev–Trinajstić information content (AvgIpc) is 2.60. The van der Waals surface area contributed by atoms with Crippen molar-refractivity contribution >= 4 is 21.7 Å². The maximum atomic E-state index is 13.4. The van der Waals surface area contributed by atoms with Gasteiger partial charge in [0.05, 0.1) is 4.90 Å². The minimum Gasteiger partial charge on any atom is -0.357 e. The maximum Gasteiger partial charge on any atom is 0.252 e. The normalized spacial score (nSPS) is 12.3. The van der Waals surface area contributed by atoms with Crippen molar-refractivity contribution in [2.45, 2.75) is 10.9 Å². The Hall–Kier alpha value is -2.81. The first-order valence-electron chi connectivity index (χ1n) is 7.41. The van der Waals surface area contributed by atoms with E-state index in [1.54, 1.807) is 0 Å². The molecule has 1 atom stereocenters. The van der Waals surface area contributed by atoms with E-state index >= 15 is 0 Å². The van der Waals surface area contributed by atoms with E-state index < -0.39 is 39.3 Å². The van der Waals surface area contributed by atoms with Crippen LogP contribution in [0.5, 0.6) is 0 Å². The highest BCUT2D eigenvalue weighted by atomic mass is 32.2. The topological polar surface area (TPSA) is 92.3 Å². The van der Waals surface area contributed by atoms with Gasteiger partial charge in [-0.05, 0) is 42.0 Å². The molecule has 0 radical (unpaired) electrons. The smallest absolute Gasteiger partial charge is 0.252 e. The van der Waals surface area contributed by atoms with E-state index in [0.29, 0.717) is 0 Å². The fraction of sp³-hybridized carbons (Fsp3) is 0.176. The molecule has 9 heteroatoms. The van der Waals surface area contributed by atoms with Gasteiger partial charge in [0, 0.05) is 18.9 Å². The molecule has 0 heterocycles. The molecule has 0 aliphatic rings. The number of carbonyl (C=O) groups is 2. The number of halogens is 2. The second-order valence-corrected chi connectivity index (χ2v) is 7.51. The standard InChI is InChI=1S/C17H16F2N2O4S/c1-20-17(23)15(11-5-8-13(18)14(19)9-11)21-16(22)10-3-6-12(7-4-10)26(2,24)25/h3-9,15H,1-2H3,(H,20,23)(H,21,22). The van der Waals surface area contributed by atoms with Crippen molar-refractivity contribution in [2.24, 2.45) is 0 Å².